The molecule has 33 heavy (non-hydrogen) atoms. The van der Waals surface area contributed by atoms with Gasteiger partial charge in [0.25, 0.3) is 0 Å². The van der Waals surface area contributed by atoms with Gasteiger partial charge in [-0.05, 0) is 54.7 Å². The second-order valence-corrected chi connectivity index (χ2v) is 8.59. The number of anilines is 1. The van der Waals surface area contributed by atoms with E-state index in [1.807, 2.05) is 41.4 Å². The largest absolute Gasteiger partial charge is 0.497 e. The molecule has 2 aliphatic rings. The molecule has 2 saturated heterocycles. The molecule has 0 spiro atoms. The summed E-state index contributed by atoms with van der Waals surface area (Å²) in [7, 11) is 1.64. The summed E-state index contributed by atoms with van der Waals surface area (Å²) in [5, 5.41) is 3.01. The van der Waals surface area contributed by atoms with Crippen molar-refractivity contribution in [2.45, 2.75) is 32.2 Å². The summed E-state index contributed by atoms with van der Waals surface area (Å²) in [6.45, 7) is 4.82. The molecule has 1 aromatic carbocycles. The van der Waals surface area contributed by atoms with Crippen LogP contribution in [0, 0.1) is 0 Å². The molecule has 4 rings (SSSR count). The SMILES string of the molecule is COc1ccc(CCC(=O)N2CCN(C(=O)NCc3ccnc(N4CCCC4)c3)CC2)cc1. The van der Waals surface area contributed by atoms with Crippen LogP contribution in [0.1, 0.15) is 30.4 Å². The van der Waals surface area contributed by atoms with Crippen molar-refractivity contribution in [3.8, 4) is 5.75 Å². The second kappa shape index (κ2) is 11.0. The smallest absolute Gasteiger partial charge is 0.317 e. The number of nitrogens with one attached hydrogen (secondary N) is 1. The Labute approximate surface area is 195 Å². The molecule has 0 radical (unpaired) electrons. The number of hydrogen-bond donors (Lipinski definition) is 1. The van der Waals surface area contributed by atoms with Gasteiger partial charge in [0.15, 0.2) is 0 Å². The molecule has 1 aromatic heterocycles. The summed E-state index contributed by atoms with van der Waals surface area (Å²) in [6, 6.07) is 11.7. The summed E-state index contributed by atoms with van der Waals surface area (Å²) in [6.07, 6.45) is 5.40. The number of methoxy groups -OCH3 is 1. The van der Waals surface area contributed by atoms with E-state index < -0.39 is 0 Å². The Morgan fingerprint density at radius 2 is 1.64 bits per heavy atom. The van der Waals surface area contributed by atoms with Crippen LogP contribution in [-0.2, 0) is 17.8 Å². The van der Waals surface area contributed by atoms with Gasteiger partial charge in [0, 0.05) is 58.4 Å². The summed E-state index contributed by atoms with van der Waals surface area (Å²) < 4.78 is 5.17. The van der Waals surface area contributed by atoms with Crippen LogP contribution in [0.15, 0.2) is 42.6 Å². The Hall–Kier alpha value is -3.29. The Morgan fingerprint density at radius 3 is 2.33 bits per heavy atom. The van der Waals surface area contributed by atoms with Crippen LogP contribution in [-0.4, -0.2) is 73.1 Å². The van der Waals surface area contributed by atoms with Crippen molar-refractivity contribution in [3.63, 3.8) is 0 Å². The third-order valence-electron chi connectivity index (χ3n) is 6.39. The number of carbonyl (C=O) groups excluding carboxylic acids is 2. The number of aromatic nitrogens is 1. The lowest BCUT2D eigenvalue weighted by Crippen LogP contribution is -2.53. The van der Waals surface area contributed by atoms with Crippen molar-refractivity contribution < 1.29 is 14.3 Å². The van der Waals surface area contributed by atoms with E-state index in [-0.39, 0.29) is 11.9 Å². The maximum absolute atomic E-state index is 12.6. The number of urea groups is 1. The van der Waals surface area contributed by atoms with E-state index in [1.165, 1.54) is 12.8 Å². The zero-order valence-corrected chi connectivity index (χ0v) is 19.3. The highest BCUT2D eigenvalue weighted by molar-refractivity contribution is 5.78. The van der Waals surface area contributed by atoms with E-state index in [2.05, 4.69) is 21.3 Å². The molecule has 3 heterocycles. The van der Waals surface area contributed by atoms with Crippen molar-refractivity contribution >= 4 is 17.8 Å². The molecule has 2 aliphatic heterocycles. The third-order valence-corrected chi connectivity index (χ3v) is 6.39. The molecule has 0 bridgehead atoms. The highest BCUT2D eigenvalue weighted by Gasteiger charge is 2.24. The standard InChI is InChI=1S/C25H33N5O3/c1-33-22-7-4-20(5-8-22)6-9-24(31)29-14-16-30(17-15-29)25(32)27-19-21-10-11-26-23(18-21)28-12-2-3-13-28/h4-5,7-8,10-11,18H,2-3,6,9,12-17,19H2,1H3,(H,27,32). The number of piperazine rings is 1. The second-order valence-electron chi connectivity index (χ2n) is 8.59. The Morgan fingerprint density at radius 1 is 0.939 bits per heavy atom. The van der Waals surface area contributed by atoms with Crippen molar-refractivity contribution in [2.75, 3.05) is 51.3 Å². The third kappa shape index (κ3) is 6.15. The zero-order valence-electron chi connectivity index (χ0n) is 19.3. The summed E-state index contributed by atoms with van der Waals surface area (Å²) >= 11 is 0. The van der Waals surface area contributed by atoms with Crippen LogP contribution < -0.4 is 15.0 Å². The van der Waals surface area contributed by atoms with Gasteiger partial charge in [-0.25, -0.2) is 9.78 Å². The van der Waals surface area contributed by atoms with E-state index in [0.29, 0.717) is 45.6 Å². The van der Waals surface area contributed by atoms with Crippen LogP contribution in [0.4, 0.5) is 10.6 Å². The molecule has 8 nitrogen and oxygen atoms in total. The first kappa shape index (κ1) is 22.9. The van der Waals surface area contributed by atoms with E-state index >= 15 is 0 Å². The van der Waals surface area contributed by atoms with Crippen molar-refractivity contribution in [1.29, 1.82) is 0 Å². The monoisotopic (exact) mass is 451 g/mol. The number of carbonyl (C=O) groups is 2. The van der Waals surface area contributed by atoms with Gasteiger partial charge < -0.3 is 24.8 Å². The van der Waals surface area contributed by atoms with Crippen LogP contribution in [0.25, 0.3) is 0 Å². The summed E-state index contributed by atoms with van der Waals surface area (Å²) in [5.74, 6) is 1.94. The van der Waals surface area contributed by atoms with Gasteiger partial charge in [0.05, 0.1) is 7.11 Å². The maximum atomic E-state index is 12.6. The predicted molar refractivity (Wildman–Crippen MR) is 127 cm³/mol. The van der Waals surface area contributed by atoms with E-state index in [0.717, 1.165) is 35.8 Å². The van der Waals surface area contributed by atoms with E-state index in [4.69, 9.17) is 4.74 Å². The molecule has 3 amide bonds. The molecular weight excluding hydrogens is 418 g/mol. The average Bonchev–Trinajstić information content (AvgIpc) is 3.42. The molecule has 0 saturated carbocycles. The summed E-state index contributed by atoms with van der Waals surface area (Å²) in [4.78, 5) is 35.6. The number of ether oxygens (including phenoxy) is 1. The number of amides is 3. The van der Waals surface area contributed by atoms with Crippen LogP contribution in [0.2, 0.25) is 0 Å². The van der Waals surface area contributed by atoms with Gasteiger partial charge in [0.2, 0.25) is 5.91 Å². The minimum absolute atomic E-state index is 0.0835. The fourth-order valence-electron chi connectivity index (χ4n) is 4.34. The van der Waals surface area contributed by atoms with Crippen LogP contribution in [0.5, 0.6) is 5.75 Å². The first-order valence-corrected chi connectivity index (χ1v) is 11.8. The van der Waals surface area contributed by atoms with Crippen LogP contribution in [0.3, 0.4) is 0 Å². The normalized spacial score (nSPS) is 16.1. The van der Waals surface area contributed by atoms with Crippen molar-refractivity contribution in [3.05, 3.63) is 53.7 Å². The minimum Gasteiger partial charge on any atom is -0.497 e. The lowest BCUT2D eigenvalue weighted by atomic mass is 10.1. The highest BCUT2D eigenvalue weighted by Crippen LogP contribution is 2.18. The molecule has 0 atom stereocenters. The minimum atomic E-state index is -0.0835. The number of hydrogen-bond acceptors (Lipinski definition) is 5. The Bertz CT molecular complexity index is 935. The molecule has 0 unspecified atom stereocenters. The molecule has 2 aromatic rings. The molecule has 1 N–H and O–H groups in total. The molecule has 2 fully saturated rings. The lowest BCUT2D eigenvalue weighted by Gasteiger charge is -2.34. The zero-order chi connectivity index (χ0) is 23.0. The van der Waals surface area contributed by atoms with Gasteiger partial charge in [-0.15, -0.1) is 0 Å². The lowest BCUT2D eigenvalue weighted by molar-refractivity contribution is -0.132. The highest BCUT2D eigenvalue weighted by atomic mass is 16.5. The molecular formula is C25H33N5O3. The molecule has 8 heteroatoms. The van der Waals surface area contributed by atoms with E-state index in [9.17, 15) is 9.59 Å². The number of aryl methyl sites for hydroxylation is 1. The van der Waals surface area contributed by atoms with Gasteiger partial charge in [0.1, 0.15) is 11.6 Å². The van der Waals surface area contributed by atoms with Gasteiger partial charge >= 0.3 is 6.03 Å². The summed E-state index contributed by atoms with van der Waals surface area (Å²) in [5.41, 5.74) is 2.17. The van der Waals surface area contributed by atoms with Crippen molar-refractivity contribution in [1.82, 2.24) is 20.1 Å². The topological polar surface area (TPSA) is 78.0 Å². The first-order chi connectivity index (χ1) is 16.1. The first-order valence-electron chi connectivity index (χ1n) is 11.8. The predicted octanol–water partition coefficient (Wildman–Crippen LogP) is 2.68. The fraction of sp³-hybridized carbons (Fsp3) is 0.480. The average molecular weight is 452 g/mol. The molecule has 176 valence electrons. The van der Waals surface area contributed by atoms with Crippen LogP contribution >= 0.6 is 0 Å². The number of rotatable bonds is 7. The number of benzene rings is 1. The maximum Gasteiger partial charge on any atom is 0.317 e. The Kier molecular flexibility index (Phi) is 7.65. The van der Waals surface area contributed by atoms with Crippen molar-refractivity contribution in [2.24, 2.45) is 0 Å². The van der Waals surface area contributed by atoms with Gasteiger partial charge in [-0.1, -0.05) is 12.1 Å². The number of nitrogens with zero attached hydrogens (tertiary/aromatic N) is 4. The Balaban J connectivity index is 1.18. The molecule has 0 aliphatic carbocycles. The number of pyridine rings is 1. The van der Waals surface area contributed by atoms with E-state index in [1.54, 1.807) is 12.0 Å². The van der Waals surface area contributed by atoms with Gasteiger partial charge in [-0.3, -0.25) is 4.79 Å². The quantitative estimate of drug-likeness (QED) is 0.700. The van der Waals surface area contributed by atoms with Gasteiger partial charge in [-0.2, -0.15) is 0 Å². The fourth-order valence-corrected chi connectivity index (χ4v) is 4.34.